The first-order valence-electron chi connectivity index (χ1n) is 6.95. The number of aryl methyl sites for hydroxylation is 2. The molecule has 1 aliphatic carbocycles. The minimum absolute atomic E-state index is 0.221. The van der Waals surface area contributed by atoms with Gasteiger partial charge in [0, 0.05) is 29.1 Å². The molecule has 2 aromatic rings. The maximum atomic E-state index is 6.12. The molecule has 1 aliphatic rings. The fraction of sp³-hybridized carbons (Fsp3) is 0.500. The van der Waals surface area contributed by atoms with Crippen LogP contribution in [0.25, 0.3) is 10.9 Å². The Kier molecular flexibility index (Phi) is 2.70. The third-order valence-corrected chi connectivity index (χ3v) is 4.64. The van der Waals surface area contributed by atoms with E-state index in [1.807, 2.05) is 0 Å². The Morgan fingerprint density at radius 2 is 1.94 bits per heavy atom. The Morgan fingerprint density at radius 3 is 2.61 bits per heavy atom. The lowest BCUT2D eigenvalue weighted by atomic mass is 9.78. The second kappa shape index (κ2) is 4.13. The van der Waals surface area contributed by atoms with Gasteiger partial charge in [-0.3, -0.25) is 0 Å². The van der Waals surface area contributed by atoms with Gasteiger partial charge in [-0.2, -0.15) is 0 Å². The summed E-state index contributed by atoms with van der Waals surface area (Å²) in [5.41, 5.74) is 11.8. The van der Waals surface area contributed by atoms with Gasteiger partial charge in [-0.1, -0.05) is 18.9 Å². The van der Waals surface area contributed by atoms with Crippen LogP contribution >= 0.6 is 0 Å². The topological polar surface area (TPSA) is 41.8 Å². The summed E-state index contributed by atoms with van der Waals surface area (Å²) in [6.45, 7) is 5.14. The van der Waals surface area contributed by atoms with Gasteiger partial charge in [0.1, 0.15) is 0 Å². The van der Waals surface area contributed by atoms with E-state index in [1.54, 1.807) is 0 Å². The Labute approximate surface area is 109 Å². The number of hydrogen-bond donors (Lipinski definition) is 2. The van der Waals surface area contributed by atoms with Crippen LogP contribution in [0.3, 0.4) is 0 Å². The molecule has 1 heterocycles. The zero-order chi connectivity index (χ0) is 12.8. The summed E-state index contributed by atoms with van der Waals surface area (Å²) in [7, 11) is 0. The monoisotopic (exact) mass is 242 g/mol. The van der Waals surface area contributed by atoms with Crippen LogP contribution in [0.15, 0.2) is 18.3 Å². The fourth-order valence-electron chi connectivity index (χ4n) is 3.71. The highest BCUT2D eigenvalue weighted by atomic mass is 14.7. The van der Waals surface area contributed by atoms with E-state index < -0.39 is 0 Å². The molecule has 0 radical (unpaired) electrons. The lowest BCUT2D eigenvalue weighted by Crippen LogP contribution is -2.31. The van der Waals surface area contributed by atoms with Gasteiger partial charge in [-0.15, -0.1) is 0 Å². The molecule has 3 rings (SSSR count). The Bertz CT molecular complexity index is 574. The Balaban J connectivity index is 2.23. The lowest BCUT2D eigenvalue weighted by Gasteiger charge is -2.27. The maximum Gasteiger partial charge on any atom is 0.0462 e. The van der Waals surface area contributed by atoms with E-state index >= 15 is 0 Å². The summed E-state index contributed by atoms with van der Waals surface area (Å²) in [6.07, 6.45) is 7.31. The van der Waals surface area contributed by atoms with Crippen LogP contribution in [0.1, 0.15) is 42.4 Å². The minimum atomic E-state index is 0.221. The van der Waals surface area contributed by atoms with Crippen molar-refractivity contribution in [2.24, 2.45) is 5.73 Å². The standard InChI is InChI=1S/C16H22N2/c1-11-7-12(2)15-13(9-18-14(15)8-11)16(10-17)5-3-4-6-16/h7-9,18H,3-6,10,17H2,1-2H3. The highest BCUT2D eigenvalue weighted by Crippen LogP contribution is 2.43. The number of rotatable bonds is 2. The molecule has 1 saturated carbocycles. The van der Waals surface area contributed by atoms with Crippen molar-refractivity contribution >= 4 is 10.9 Å². The highest BCUT2D eigenvalue weighted by molar-refractivity contribution is 5.88. The average Bonchev–Trinajstić information content (AvgIpc) is 2.94. The van der Waals surface area contributed by atoms with Gasteiger partial charge >= 0.3 is 0 Å². The van der Waals surface area contributed by atoms with Crippen molar-refractivity contribution < 1.29 is 0 Å². The molecular formula is C16H22N2. The van der Waals surface area contributed by atoms with Crippen molar-refractivity contribution in [3.05, 3.63) is 35.0 Å². The summed E-state index contributed by atoms with van der Waals surface area (Å²) in [5.74, 6) is 0. The van der Waals surface area contributed by atoms with Crippen molar-refractivity contribution in [2.45, 2.75) is 44.9 Å². The van der Waals surface area contributed by atoms with Gasteiger partial charge in [-0.05, 0) is 49.4 Å². The van der Waals surface area contributed by atoms with Crippen LogP contribution in [-0.2, 0) is 5.41 Å². The Morgan fingerprint density at radius 1 is 1.22 bits per heavy atom. The molecule has 1 aromatic carbocycles. The molecule has 0 atom stereocenters. The minimum Gasteiger partial charge on any atom is -0.361 e. The smallest absolute Gasteiger partial charge is 0.0462 e. The quantitative estimate of drug-likeness (QED) is 0.830. The molecule has 0 aliphatic heterocycles. The number of fused-ring (bicyclic) bond motifs is 1. The van der Waals surface area contributed by atoms with E-state index in [0.717, 1.165) is 6.54 Å². The van der Waals surface area contributed by atoms with Crippen molar-refractivity contribution in [1.29, 1.82) is 0 Å². The number of aromatic amines is 1. The van der Waals surface area contributed by atoms with Crippen LogP contribution in [0.5, 0.6) is 0 Å². The van der Waals surface area contributed by atoms with E-state index in [9.17, 15) is 0 Å². The molecule has 1 aromatic heterocycles. The van der Waals surface area contributed by atoms with E-state index in [-0.39, 0.29) is 5.41 Å². The molecule has 3 N–H and O–H groups in total. The van der Waals surface area contributed by atoms with E-state index in [0.29, 0.717) is 0 Å². The molecule has 96 valence electrons. The summed E-state index contributed by atoms with van der Waals surface area (Å²) >= 11 is 0. The van der Waals surface area contributed by atoms with Gasteiger partial charge < -0.3 is 10.7 Å². The van der Waals surface area contributed by atoms with Crippen molar-refractivity contribution in [2.75, 3.05) is 6.54 Å². The summed E-state index contributed by atoms with van der Waals surface area (Å²) in [6, 6.07) is 4.52. The average molecular weight is 242 g/mol. The molecule has 2 heteroatoms. The number of hydrogen-bond acceptors (Lipinski definition) is 1. The number of nitrogens with two attached hydrogens (primary N) is 1. The van der Waals surface area contributed by atoms with Gasteiger partial charge in [-0.25, -0.2) is 0 Å². The van der Waals surface area contributed by atoms with E-state index in [1.165, 1.54) is 53.3 Å². The molecule has 0 bridgehead atoms. The largest absolute Gasteiger partial charge is 0.361 e. The van der Waals surface area contributed by atoms with Gasteiger partial charge in [0.15, 0.2) is 0 Å². The number of nitrogens with one attached hydrogen (secondary N) is 1. The predicted molar refractivity (Wildman–Crippen MR) is 77.0 cm³/mol. The molecule has 0 saturated heterocycles. The number of aromatic nitrogens is 1. The second-order valence-corrected chi connectivity index (χ2v) is 5.90. The molecule has 0 spiro atoms. The zero-order valence-electron chi connectivity index (χ0n) is 11.3. The third kappa shape index (κ3) is 1.59. The molecule has 0 amide bonds. The van der Waals surface area contributed by atoms with Crippen LogP contribution in [-0.4, -0.2) is 11.5 Å². The van der Waals surface area contributed by atoms with Crippen LogP contribution in [0.4, 0.5) is 0 Å². The van der Waals surface area contributed by atoms with Crippen LogP contribution in [0, 0.1) is 13.8 Å². The van der Waals surface area contributed by atoms with Crippen LogP contribution in [0.2, 0.25) is 0 Å². The first-order chi connectivity index (χ1) is 8.66. The van der Waals surface area contributed by atoms with Gasteiger partial charge in [0.2, 0.25) is 0 Å². The molecule has 2 nitrogen and oxygen atoms in total. The van der Waals surface area contributed by atoms with E-state index in [2.05, 4.69) is 37.2 Å². The van der Waals surface area contributed by atoms with Gasteiger partial charge in [0.25, 0.3) is 0 Å². The number of benzene rings is 1. The van der Waals surface area contributed by atoms with E-state index in [4.69, 9.17) is 5.73 Å². The first kappa shape index (κ1) is 11.8. The van der Waals surface area contributed by atoms with Crippen molar-refractivity contribution in [3.63, 3.8) is 0 Å². The third-order valence-electron chi connectivity index (χ3n) is 4.64. The normalized spacial score (nSPS) is 18.6. The van der Waals surface area contributed by atoms with Crippen LogP contribution < -0.4 is 5.73 Å². The molecular weight excluding hydrogens is 220 g/mol. The highest BCUT2D eigenvalue weighted by Gasteiger charge is 2.36. The summed E-state index contributed by atoms with van der Waals surface area (Å²) in [4.78, 5) is 3.45. The molecule has 18 heavy (non-hydrogen) atoms. The Hall–Kier alpha value is -1.28. The zero-order valence-corrected chi connectivity index (χ0v) is 11.3. The van der Waals surface area contributed by atoms with Crippen molar-refractivity contribution in [3.8, 4) is 0 Å². The van der Waals surface area contributed by atoms with Gasteiger partial charge in [0.05, 0.1) is 0 Å². The molecule has 0 unspecified atom stereocenters. The summed E-state index contributed by atoms with van der Waals surface area (Å²) in [5, 5.41) is 1.41. The maximum absolute atomic E-state index is 6.12. The van der Waals surface area contributed by atoms with Crippen molar-refractivity contribution in [1.82, 2.24) is 4.98 Å². The first-order valence-corrected chi connectivity index (χ1v) is 6.95. The predicted octanol–water partition coefficient (Wildman–Crippen LogP) is 3.56. The second-order valence-electron chi connectivity index (χ2n) is 5.90. The molecule has 1 fully saturated rings. The fourth-order valence-corrected chi connectivity index (χ4v) is 3.71. The number of H-pyrrole nitrogens is 1. The lowest BCUT2D eigenvalue weighted by molar-refractivity contribution is 0.457. The SMILES string of the molecule is Cc1cc(C)c2c(C3(CN)CCCC3)c[nH]c2c1. The summed E-state index contributed by atoms with van der Waals surface area (Å²) < 4.78 is 0.